The molecule has 3 aromatic carbocycles. The van der Waals surface area contributed by atoms with Gasteiger partial charge in [-0.25, -0.2) is 80.3 Å². The predicted molar refractivity (Wildman–Crippen MR) is 545 cm³/mol. The zero-order valence-electron chi connectivity index (χ0n) is 80.6. The fourth-order valence-electron chi connectivity index (χ4n) is 16.2. The van der Waals surface area contributed by atoms with Crippen LogP contribution in [-0.2, 0) is 78.8 Å². The number of fused-ring (bicyclic) bond motifs is 3. The van der Waals surface area contributed by atoms with Gasteiger partial charge in [0.2, 0.25) is 5.95 Å². The van der Waals surface area contributed by atoms with E-state index in [2.05, 4.69) is 135 Å². The van der Waals surface area contributed by atoms with E-state index in [0.29, 0.717) is 165 Å². The average molecular weight is 1970 g/mol. The molecule has 0 bridgehead atoms. The molecule has 7 aliphatic rings. The maximum absolute atomic E-state index is 14.2. The molecule has 19 rings (SSSR count). The van der Waals surface area contributed by atoms with Crippen LogP contribution in [0.4, 0.5) is 74.1 Å². The first-order valence-electron chi connectivity index (χ1n) is 45.1. The number of para-hydroxylation sites is 1. The molecule has 15 heterocycles. The highest BCUT2D eigenvalue weighted by Gasteiger charge is 2.32. The number of morpholine rings is 5. The summed E-state index contributed by atoms with van der Waals surface area (Å²) in [5, 5.41) is 0.951. The van der Waals surface area contributed by atoms with Crippen molar-refractivity contribution in [3.05, 3.63) is 156 Å². The van der Waals surface area contributed by atoms with Gasteiger partial charge >= 0.3 is 0 Å². The number of anilines is 6. The lowest BCUT2D eigenvalue weighted by molar-refractivity contribution is 0.0985. The topological polar surface area (TPSA) is 436 Å². The number of nitrogens with zero attached hydrogens (tertiary/aromatic N) is 25. The molecular weight excluding hydrogens is 1850 g/mol. The number of aromatic nitrogens is 15. The van der Waals surface area contributed by atoms with Crippen LogP contribution >= 0.6 is 0 Å². The molecule has 137 heavy (non-hydrogen) atoms. The number of ether oxygens (including phenoxy) is 5. The van der Waals surface area contributed by atoms with Crippen LogP contribution in [0.3, 0.4) is 0 Å². The van der Waals surface area contributed by atoms with Gasteiger partial charge in [-0.15, -0.1) is 0 Å². The number of aryl methyl sites for hydroxylation is 3. The van der Waals surface area contributed by atoms with Crippen LogP contribution in [0.25, 0.3) is 73.6 Å². The smallest absolute Gasteiger partial charge is 0.239 e. The molecule has 5 saturated heterocycles. The SMILES string of the molecule is C[C@@H]1COCCN1c1cc(N=S(C)(C)=O)nc(-c2cc(N)nc(C3CC3)c2)n1.C[C@@H]1COCCN1c1cc(N=S(C)(C)=O)nc(-c2cccc3c2N=CC3)n1.Cc1cc2c(-c3nc(N=S(C)(C)=O)cc(N4CCOC[C@H]4C)n3)ccnc2[nH]1.Cc1cc2ncn(-c3nc(N=S(C)(C)=O)cc(N4CCOC[C@H]4C)n3)c2cc1F.Cc1cccc(-c2nc(N=S(C)(C)=O)cc(N3CCOC[C@H]3C)n2)c1. The zero-order chi connectivity index (χ0) is 97.6. The van der Waals surface area contributed by atoms with Crippen LogP contribution in [0.15, 0.2) is 149 Å². The van der Waals surface area contributed by atoms with E-state index in [1.54, 1.807) is 117 Å². The number of benzene rings is 3. The quantitative estimate of drug-likeness (QED) is 0.0907. The third-order valence-corrected chi connectivity index (χ3v) is 25.7. The van der Waals surface area contributed by atoms with E-state index < -0.39 is 48.6 Å². The molecule has 6 fully saturated rings. The number of aliphatic imine (C=N–C) groups is 1. The maximum atomic E-state index is 14.2. The first-order chi connectivity index (χ1) is 65.0. The Bertz CT molecular complexity index is 7200. The standard InChI is InChI=1S/C19H23FN6O2S.C19H24N6O2S.C19H26N6O2S.C19H23N5O2S.C18H24N4O2S/c1-12-7-15-16(8-14(12)20)26(11-21-15)19-22-17(24-29(3,4)27)9-18(23-19)25-5-6-28-10-13(25)2;1-12-9-15-14(5-6-20-18(15)21-12)19-22-16(24-28(3,4)26)10-17(23-19)25-7-8-27-11-13(25)2;1-12-11-27-7-6-25(12)18-10-17(24-28(2,3)26)22-19(23-18)14-8-15(13-4-5-13)21-16(20)9-14;1-13-12-26-10-9-24(13)17-11-16(23-27(2,3)25)21-19(22-17)15-6-4-5-14-7-8-20-18(14)15;1-13-6-5-7-15(10-13)18-19-16(21-25(3,4)23)11-17(20-18)22-8-9-24-12-14(22)2/h7-9,11,13H,5-6,10H2,1-4H3;5-6,9-10,13H,7-8,11H2,1-4H3,(H,20,21);8-10,12-13H,4-7,11H2,1-3H3,(H2,20,21);4-6,8,11,13H,7,9-10,12H2,1-3H3;5-7,10-11,14H,8-9,12H2,1-4H3/t2*13-;12-;13-;14-/m11111/s1. The summed E-state index contributed by atoms with van der Waals surface area (Å²) in [5.41, 5.74) is 17.2. The highest BCUT2D eigenvalue weighted by Crippen LogP contribution is 2.42. The van der Waals surface area contributed by atoms with Gasteiger partial charge in [0.25, 0.3) is 0 Å². The monoisotopic (exact) mass is 1970 g/mol. The molecule has 1 saturated carbocycles. The van der Waals surface area contributed by atoms with Gasteiger partial charge in [0.1, 0.15) is 52.7 Å². The summed E-state index contributed by atoms with van der Waals surface area (Å²) in [6.45, 7) is 26.2. The lowest BCUT2D eigenvalue weighted by atomic mass is 10.1. The number of aromatic amines is 1. The molecule has 0 amide bonds. The van der Waals surface area contributed by atoms with Gasteiger partial charge in [-0.05, 0) is 122 Å². The molecule has 9 aromatic heterocycles. The molecule has 43 heteroatoms. The summed E-state index contributed by atoms with van der Waals surface area (Å²) in [7, 11) is -11.8. The minimum absolute atomic E-state index is 0.117. The van der Waals surface area contributed by atoms with Crippen molar-refractivity contribution in [1.29, 1.82) is 0 Å². The van der Waals surface area contributed by atoms with E-state index in [9.17, 15) is 25.4 Å². The largest absolute Gasteiger partial charge is 0.384 e. The number of imidazole rings is 1. The molecule has 0 radical (unpaired) electrons. The predicted octanol–water partition coefficient (Wildman–Crippen LogP) is 14.4. The van der Waals surface area contributed by atoms with Crippen molar-refractivity contribution in [3.63, 3.8) is 0 Å². The summed E-state index contributed by atoms with van der Waals surface area (Å²) in [6.07, 6.45) is 24.2. The number of pyridine rings is 2. The van der Waals surface area contributed by atoms with Gasteiger partial charge in [-0.3, -0.25) is 9.56 Å². The number of hydrogen-bond acceptors (Lipinski definition) is 35. The van der Waals surface area contributed by atoms with Gasteiger partial charge in [0.05, 0.1) is 113 Å². The Hall–Kier alpha value is -11.7. The molecule has 12 aromatic rings. The second kappa shape index (κ2) is 42.3. The molecule has 5 atom stereocenters. The number of nitrogen functional groups attached to an aromatic ring is 1. The highest BCUT2D eigenvalue weighted by atomic mass is 32.2. The highest BCUT2D eigenvalue weighted by molar-refractivity contribution is 7.93. The number of H-pyrrole nitrogens is 1. The molecule has 37 nitrogen and oxygen atoms in total. The fourth-order valence-corrected chi connectivity index (χ4v) is 18.9. The zero-order valence-corrected chi connectivity index (χ0v) is 84.7. The first kappa shape index (κ1) is 99.8. The second-order valence-corrected chi connectivity index (χ2v) is 49.1. The van der Waals surface area contributed by atoms with Crippen molar-refractivity contribution < 1.29 is 49.1 Å². The Morgan fingerprint density at radius 2 is 0.861 bits per heavy atom. The summed E-state index contributed by atoms with van der Waals surface area (Å²) in [5.74, 6) is 8.92. The molecule has 0 spiro atoms. The van der Waals surface area contributed by atoms with Crippen LogP contribution in [-0.4, -0.2) is 293 Å². The number of nitrogens with one attached hydrogen (secondary N) is 1. The van der Waals surface area contributed by atoms with Gasteiger partial charge in [0, 0.05) is 244 Å². The Balaban J connectivity index is 0.000000130. The van der Waals surface area contributed by atoms with Crippen molar-refractivity contribution in [2.45, 2.75) is 111 Å². The van der Waals surface area contributed by atoms with Crippen LogP contribution < -0.4 is 30.2 Å². The van der Waals surface area contributed by atoms with E-state index in [-0.39, 0.29) is 36.0 Å². The lowest BCUT2D eigenvalue weighted by Gasteiger charge is -2.34. The Morgan fingerprint density at radius 1 is 0.438 bits per heavy atom. The minimum Gasteiger partial charge on any atom is -0.384 e. The van der Waals surface area contributed by atoms with Crippen molar-refractivity contribution in [3.8, 4) is 51.5 Å². The van der Waals surface area contributed by atoms with Crippen molar-refractivity contribution in [1.82, 2.24) is 74.3 Å². The van der Waals surface area contributed by atoms with Crippen molar-refractivity contribution in [2.75, 3.05) is 192 Å². The van der Waals surface area contributed by atoms with E-state index in [1.807, 2.05) is 93.7 Å². The number of nitrogens with two attached hydrogens (primary N) is 1. The number of halogens is 1. The Morgan fingerprint density at radius 3 is 1.31 bits per heavy atom. The van der Waals surface area contributed by atoms with Gasteiger partial charge in [-0.2, -0.15) is 31.8 Å². The Kier molecular flexibility index (Phi) is 30.8. The fraction of sp³-hybridized carbons (Fsp3) is 0.447. The summed E-state index contributed by atoms with van der Waals surface area (Å²) < 4.78 is 126. The van der Waals surface area contributed by atoms with E-state index in [1.165, 1.54) is 6.07 Å². The van der Waals surface area contributed by atoms with Crippen molar-refractivity contribution in [2.24, 2.45) is 26.8 Å². The molecule has 1 aliphatic carbocycles. The molecular formula is C94H120FN27O10S5. The van der Waals surface area contributed by atoms with Crippen LogP contribution in [0, 0.1) is 26.6 Å². The third-order valence-electron chi connectivity index (χ3n) is 22.6. The van der Waals surface area contributed by atoms with E-state index in [0.717, 1.165) is 130 Å². The molecule has 6 aliphatic heterocycles. The summed E-state index contributed by atoms with van der Waals surface area (Å²) in [4.78, 5) is 78.5. The maximum Gasteiger partial charge on any atom is 0.239 e. The molecule has 0 unspecified atom stereocenters. The normalized spacial score (nSPS) is 18.6. The summed E-state index contributed by atoms with van der Waals surface area (Å²) >= 11 is 0. The second-order valence-electron chi connectivity index (χ2n) is 36.4. The lowest BCUT2D eigenvalue weighted by Crippen LogP contribution is -2.44. The Labute approximate surface area is 801 Å². The minimum atomic E-state index is -2.42. The van der Waals surface area contributed by atoms with Gasteiger partial charge in [-0.1, -0.05) is 35.9 Å². The number of hydrogen-bond donors (Lipinski definition) is 2. The van der Waals surface area contributed by atoms with Gasteiger partial charge < -0.3 is 58.9 Å². The van der Waals surface area contributed by atoms with Crippen LogP contribution in [0.1, 0.15) is 81.5 Å². The van der Waals surface area contributed by atoms with Crippen LogP contribution in [0.5, 0.6) is 0 Å². The third kappa shape index (κ3) is 26.6. The average Bonchev–Trinajstić information content (AvgIpc) is 1.75. The van der Waals surface area contributed by atoms with E-state index >= 15 is 0 Å². The van der Waals surface area contributed by atoms with E-state index in [4.69, 9.17) is 49.4 Å². The molecule has 728 valence electrons. The van der Waals surface area contributed by atoms with Gasteiger partial charge in [0.15, 0.2) is 52.4 Å². The van der Waals surface area contributed by atoms with Crippen LogP contribution in [0.2, 0.25) is 0 Å². The summed E-state index contributed by atoms with van der Waals surface area (Å²) in [6, 6.07) is 34.8. The van der Waals surface area contributed by atoms with Crippen molar-refractivity contribution >= 4 is 147 Å². The first-order valence-corrected chi connectivity index (χ1v) is 56.8. The molecule has 3 N–H and O–H groups in total. The number of rotatable bonds is 16.